The van der Waals surface area contributed by atoms with Gasteiger partial charge in [-0.15, -0.1) is 0 Å². The van der Waals surface area contributed by atoms with E-state index in [1.54, 1.807) is 0 Å². The number of hydrogen-bond acceptors (Lipinski definition) is 4. The summed E-state index contributed by atoms with van der Waals surface area (Å²) in [4.78, 5) is 11.3. The molecule has 0 radical (unpaired) electrons. The number of hydrogen-bond donors (Lipinski definition) is 1. The minimum atomic E-state index is -3.15. The number of rotatable bonds is 2. The third-order valence-electron chi connectivity index (χ3n) is 3.94. The Kier molecular flexibility index (Phi) is 2.49. The first-order valence-corrected chi connectivity index (χ1v) is 8.36. The fourth-order valence-electron chi connectivity index (χ4n) is 3.39. The second kappa shape index (κ2) is 3.55. The van der Waals surface area contributed by atoms with Crippen molar-refractivity contribution in [3.63, 3.8) is 0 Å². The summed E-state index contributed by atoms with van der Waals surface area (Å²) >= 11 is 1.95. The average Bonchev–Trinajstić information content (AvgIpc) is 2.81. The number of ether oxygens (including phenoxy) is 1. The van der Waals surface area contributed by atoms with Gasteiger partial charge in [-0.1, -0.05) is 22.6 Å². The lowest BCUT2D eigenvalue weighted by atomic mass is 9.93. The molecule has 0 aromatic rings. The summed E-state index contributed by atoms with van der Waals surface area (Å²) in [5.74, 6) is 0.138. The first-order chi connectivity index (χ1) is 7.53. The van der Waals surface area contributed by atoms with Gasteiger partial charge < -0.3 is 4.74 Å². The van der Waals surface area contributed by atoms with Gasteiger partial charge in [-0.2, -0.15) is 0 Å². The second-order valence-electron chi connectivity index (χ2n) is 4.71. The summed E-state index contributed by atoms with van der Waals surface area (Å²) in [6, 6.07) is -0.166. The van der Waals surface area contributed by atoms with Crippen LogP contribution in [0.15, 0.2) is 0 Å². The molecule has 16 heavy (non-hydrogen) atoms. The number of sulfonamides is 1. The van der Waals surface area contributed by atoms with Crippen molar-refractivity contribution in [2.75, 3.05) is 4.43 Å². The van der Waals surface area contributed by atoms with Gasteiger partial charge in [0.2, 0.25) is 10.0 Å². The van der Waals surface area contributed by atoms with Crippen molar-refractivity contribution in [2.24, 2.45) is 11.8 Å². The molecule has 0 aromatic carbocycles. The van der Waals surface area contributed by atoms with E-state index < -0.39 is 10.0 Å². The van der Waals surface area contributed by atoms with Crippen molar-refractivity contribution in [3.05, 3.63) is 0 Å². The van der Waals surface area contributed by atoms with Crippen LogP contribution in [0.2, 0.25) is 0 Å². The van der Waals surface area contributed by atoms with Crippen LogP contribution in [-0.4, -0.2) is 36.2 Å². The maximum absolute atomic E-state index is 11.7. The van der Waals surface area contributed by atoms with Crippen LogP contribution in [-0.2, 0) is 19.6 Å². The van der Waals surface area contributed by atoms with Gasteiger partial charge in [0, 0.05) is 0 Å². The molecule has 90 valence electrons. The normalized spacial score (nSPS) is 47.2. The Morgan fingerprint density at radius 2 is 2.19 bits per heavy atom. The average molecular weight is 357 g/mol. The van der Waals surface area contributed by atoms with Crippen molar-refractivity contribution in [3.8, 4) is 0 Å². The third kappa shape index (κ3) is 1.43. The monoisotopic (exact) mass is 357 g/mol. The van der Waals surface area contributed by atoms with E-state index in [9.17, 15) is 13.2 Å². The first kappa shape index (κ1) is 11.2. The molecule has 3 aliphatic rings. The van der Waals surface area contributed by atoms with Crippen LogP contribution < -0.4 is 4.72 Å². The number of fused-ring (bicyclic) bond motifs is 1. The highest BCUT2D eigenvalue weighted by molar-refractivity contribution is 14.1. The number of nitrogens with one attached hydrogen (secondary N) is 1. The Hall–Kier alpha value is 0.110. The van der Waals surface area contributed by atoms with Gasteiger partial charge in [0.15, 0.2) is 0 Å². The maximum atomic E-state index is 11.7. The van der Waals surface area contributed by atoms with Crippen LogP contribution in [0.4, 0.5) is 0 Å². The molecule has 5 nitrogen and oxygen atoms in total. The lowest BCUT2D eigenvalue weighted by molar-refractivity contribution is -0.148. The third-order valence-corrected chi connectivity index (χ3v) is 6.51. The fraction of sp³-hybridized carbons (Fsp3) is 0.889. The zero-order valence-electron chi connectivity index (χ0n) is 8.43. The second-order valence-corrected chi connectivity index (χ2v) is 7.40. The summed E-state index contributed by atoms with van der Waals surface area (Å²) in [5.41, 5.74) is 0. The van der Waals surface area contributed by atoms with Crippen molar-refractivity contribution < 1.29 is 17.9 Å². The molecule has 1 N–H and O–H groups in total. The Labute approximate surface area is 107 Å². The summed E-state index contributed by atoms with van der Waals surface area (Å²) in [6.07, 6.45) is 1.29. The summed E-state index contributed by atoms with van der Waals surface area (Å²) < 4.78 is 31.8. The van der Waals surface area contributed by atoms with Crippen LogP contribution >= 0.6 is 22.6 Å². The van der Waals surface area contributed by atoms with Crippen LogP contribution in [0.3, 0.4) is 0 Å². The van der Waals surface area contributed by atoms with E-state index >= 15 is 0 Å². The largest absolute Gasteiger partial charge is 0.460 e. The molecule has 1 saturated heterocycles. The lowest BCUT2D eigenvalue weighted by Crippen LogP contribution is -2.41. The molecule has 0 spiro atoms. The van der Waals surface area contributed by atoms with E-state index in [0.29, 0.717) is 10.8 Å². The topological polar surface area (TPSA) is 72.5 Å². The molecule has 7 heteroatoms. The quantitative estimate of drug-likeness (QED) is 0.431. The van der Waals surface area contributed by atoms with Gasteiger partial charge in [-0.3, -0.25) is 4.79 Å². The molecule has 2 saturated carbocycles. The van der Waals surface area contributed by atoms with E-state index in [4.69, 9.17) is 4.74 Å². The highest BCUT2D eigenvalue weighted by Gasteiger charge is 2.63. The van der Waals surface area contributed by atoms with Gasteiger partial charge in [-0.05, 0) is 24.7 Å². The zero-order chi connectivity index (χ0) is 11.5. The minimum Gasteiger partial charge on any atom is -0.460 e. The van der Waals surface area contributed by atoms with Crippen LogP contribution in [0, 0.1) is 11.8 Å². The molecule has 0 aromatic heterocycles. The minimum absolute atomic E-state index is 0.155. The van der Waals surface area contributed by atoms with E-state index in [-0.39, 0.29) is 35.2 Å². The van der Waals surface area contributed by atoms with Gasteiger partial charge in [0.05, 0.1) is 15.7 Å². The van der Waals surface area contributed by atoms with E-state index in [1.165, 1.54) is 0 Å². The van der Waals surface area contributed by atoms with E-state index in [2.05, 4.69) is 4.72 Å². The number of carbonyl (C=O) groups excluding carboxylic acids is 1. The molecule has 5 unspecified atom stereocenters. The van der Waals surface area contributed by atoms with Crippen LogP contribution in [0.5, 0.6) is 0 Å². The van der Waals surface area contributed by atoms with Crippen molar-refractivity contribution in [1.29, 1.82) is 0 Å². The van der Waals surface area contributed by atoms with Crippen molar-refractivity contribution in [2.45, 2.75) is 30.2 Å². The Bertz CT molecular complexity index is 437. The van der Waals surface area contributed by atoms with Crippen LogP contribution in [0.25, 0.3) is 0 Å². The van der Waals surface area contributed by atoms with Crippen molar-refractivity contribution in [1.82, 2.24) is 4.72 Å². The Morgan fingerprint density at radius 3 is 2.88 bits per heavy atom. The summed E-state index contributed by atoms with van der Waals surface area (Å²) in [7, 11) is -3.15. The van der Waals surface area contributed by atoms with E-state index in [0.717, 1.165) is 6.42 Å². The standard InChI is InChI=1S/C9H12INO4S/c10-3-7(12)15-9-4-1-5-6(2-4)16(13,14)11-8(5)9/h4-6,8-9,11H,1-3H2. The SMILES string of the molecule is O=C(CI)OC1C2CC3C1NS(=O)(=O)C3C2. The molecule has 3 rings (SSSR count). The molecule has 1 aliphatic heterocycles. The smallest absolute Gasteiger partial charge is 0.316 e. The number of halogens is 1. The molecule has 1 heterocycles. The van der Waals surface area contributed by atoms with Gasteiger partial charge in [0.25, 0.3) is 0 Å². The highest BCUT2D eigenvalue weighted by atomic mass is 127. The fourth-order valence-corrected chi connectivity index (χ4v) is 5.68. The number of esters is 1. The molecule has 5 atom stereocenters. The predicted octanol–water partition coefficient (Wildman–Crippen LogP) is 0.0432. The summed E-state index contributed by atoms with van der Waals surface area (Å²) in [6.45, 7) is 0. The molecular weight excluding hydrogens is 345 g/mol. The maximum Gasteiger partial charge on any atom is 0.316 e. The van der Waals surface area contributed by atoms with Crippen LogP contribution in [0.1, 0.15) is 12.8 Å². The molecule has 2 bridgehead atoms. The highest BCUT2D eigenvalue weighted by Crippen LogP contribution is 2.52. The van der Waals surface area contributed by atoms with Gasteiger partial charge in [0.1, 0.15) is 6.10 Å². The predicted molar refractivity (Wildman–Crippen MR) is 64.6 cm³/mol. The summed E-state index contributed by atoms with van der Waals surface area (Å²) in [5, 5.41) is -0.239. The zero-order valence-corrected chi connectivity index (χ0v) is 11.4. The van der Waals surface area contributed by atoms with Crippen molar-refractivity contribution >= 4 is 38.6 Å². The number of alkyl halides is 1. The van der Waals surface area contributed by atoms with Gasteiger partial charge in [-0.25, -0.2) is 13.1 Å². The van der Waals surface area contributed by atoms with Gasteiger partial charge >= 0.3 is 5.97 Å². The van der Waals surface area contributed by atoms with E-state index in [1.807, 2.05) is 22.6 Å². The number of carbonyl (C=O) groups is 1. The lowest BCUT2D eigenvalue weighted by Gasteiger charge is -2.25. The molecule has 2 aliphatic carbocycles. The molecule has 0 amide bonds. The Morgan fingerprint density at radius 1 is 1.44 bits per heavy atom. The molecular formula is C9H12INO4S. The first-order valence-electron chi connectivity index (χ1n) is 5.29. The Balaban J connectivity index is 1.84. The molecule has 3 fully saturated rings.